The minimum absolute atomic E-state index is 0.659. The molecule has 1 rings (SSSR count). The van der Waals surface area contributed by atoms with Gasteiger partial charge >= 0.3 is 0 Å². The standard InChI is InChI=1S/C15H32N2O/c1-4-5-6-9-16-11-14(2)17-10-7-8-15(12-17)13-18-3/h14-16H,4-13H2,1-3H3. The maximum Gasteiger partial charge on any atom is 0.0502 e. The number of piperidine rings is 1. The summed E-state index contributed by atoms with van der Waals surface area (Å²) in [5.74, 6) is 0.742. The fraction of sp³-hybridized carbons (Fsp3) is 1.00. The molecule has 3 heteroatoms. The van der Waals surface area contributed by atoms with Crippen LogP contribution in [0.2, 0.25) is 0 Å². The van der Waals surface area contributed by atoms with Crippen LogP contribution in [0.25, 0.3) is 0 Å². The smallest absolute Gasteiger partial charge is 0.0502 e. The molecule has 1 fully saturated rings. The highest BCUT2D eigenvalue weighted by atomic mass is 16.5. The third kappa shape index (κ3) is 6.17. The van der Waals surface area contributed by atoms with Gasteiger partial charge in [-0.3, -0.25) is 4.90 Å². The van der Waals surface area contributed by atoms with Crippen molar-refractivity contribution in [2.75, 3.05) is 39.9 Å². The molecule has 0 bridgehead atoms. The second kappa shape index (κ2) is 9.76. The van der Waals surface area contributed by atoms with Crippen LogP contribution in [0.3, 0.4) is 0 Å². The maximum absolute atomic E-state index is 5.29. The molecule has 1 saturated heterocycles. The lowest BCUT2D eigenvalue weighted by molar-refractivity contribution is 0.0721. The van der Waals surface area contributed by atoms with Crippen molar-refractivity contribution in [1.82, 2.24) is 10.2 Å². The molecule has 0 aliphatic carbocycles. The van der Waals surface area contributed by atoms with Crippen molar-refractivity contribution in [3.05, 3.63) is 0 Å². The summed E-state index contributed by atoms with van der Waals surface area (Å²) in [7, 11) is 1.82. The summed E-state index contributed by atoms with van der Waals surface area (Å²) in [6, 6.07) is 0.659. The van der Waals surface area contributed by atoms with E-state index in [0.717, 1.165) is 19.1 Å². The van der Waals surface area contributed by atoms with Crippen molar-refractivity contribution in [2.45, 2.75) is 52.0 Å². The minimum atomic E-state index is 0.659. The van der Waals surface area contributed by atoms with Crippen molar-refractivity contribution < 1.29 is 4.74 Å². The molecule has 1 N–H and O–H groups in total. The zero-order valence-electron chi connectivity index (χ0n) is 12.6. The number of hydrogen-bond acceptors (Lipinski definition) is 3. The third-order valence-electron chi connectivity index (χ3n) is 3.97. The zero-order valence-corrected chi connectivity index (χ0v) is 12.6. The third-order valence-corrected chi connectivity index (χ3v) is 3.97. The summed E-state index contributed by atoms with van der Waals surface area (Å²) in [4.78, 5) is 2.63. The molecule has 0 amide bonds. The Morgan fingerprint density at radius 2 is 2.22 bits per heavy atom. The molecule has 2 unspecified atom stereocenters. The predicted molar refractivity (Wildman–Crippen MR) is 78.0 cm³/mol. The van der Waals surface area contributed by atoms with Gasteiger partial charge in [0.1, 0.15) is 0 Å². The summed E-state index contributed by atoms with van der Waals surface area (Å²) in [5.41, 5.74) is 0. The van der Waals surface area contributed by atoms with Crippen LogP contribution in [0.1, 0.15) is 46.0 Å². The Morgan fingerprint density at radius 1 is 1.39 bits per heavy atom. The van der Waals surface area contributed by atoms with Gasteiger partial charge in [-0.05, 0) is 45.2 Å². The summed E-state index contributed by atoms with van der Waals surface area (Å²) >= 11 is 0. The average molecular weight is 256 g/mol. The van der Waals surface area contributed by atoms with E-state index in [-0.39, 0.29) is 0 Å². The van der Waals surface area contributed by atoms with Crippen LogP contribution < -0.4 is 5.32 Å². The molecular weight excluding hydrogens is 224 g/mol. The van der Waals surface area contributed by atoms with E-state index in [1.54, 1.807) is 0 Å². The Labute approximate surface area is 113 Å². The molecule has 0 aromatic heterocycles. The lowest BCUT2D eigenvalue weighted by atomic mass is 9.97. The van der Waals surface area contributed by atoms with Gasteiger partial charge in [0, 0.05) is 26.2 Å². The van der Waals surface area contributed by atoms with Gasteiger partial charge in [-0.15, -0.1) is 0 Å². The van der Waals surface area contributed by atoms with Crippen molar-refractivity contribution >= 4 is 0 Å². The molecule has 0 saturated carbocycles. The summed E-state index contributed by atoms with van der Waals surface area (Å²) in [6.07, 6.45) is 6.63. The SMILES string of the molecule is CCCCCNCC(C)N1CCCC(COC)C1. The zero-order chi connectivity index (χ0) is 13.2. The van der Waals surface area contributed by atoms with Gasteiger partial charge in [0.25, 0.3) is 0 Å². The van der Waals surface area contributed by atoms with Gasteiger partial charge in [-0.2, -0.15) is 0 Å². The van der Waals surface area contributed by atoms with E-state index in [4.69, 9.17) is 4.74 Å². The monoisotopic (exact) mass is 256 g/mol. The van der Waals surface area contributed by atoms with Crippen LogP contribution in [-0.4, -0.2) is 50.8 Å². The molecular formula is C15H32N2O. The topological polar surface area (TPSA) is 24.5 Å². The van der Waals surface area contributed by atoms with E-state index in [9.17, 15) is 0 Å². The van der Waals surface area contributed by atoms with E-state index >= 15 is 0 Å². The Balaban J connectivity index is 2.13. The van der Waals surface area contributed by atoms with Crippen LogP contribution in [0, 0.1) is 5.92 Å². The van der Waals surface area contributed by atoms with Gasteiger partial charge in [-0.1, -0.05) is 19.8 Å². The summed E-state index contributed by atoms with van der Waals surface area (Å²) in [5, 5.41) is 3.59. The first kappa shape index (κ1) is 15.9. The lowest BCUT2D eigenvalue weighted by Crippen LogP contribution is -2.46. The van der Waals surface area contributed by atoms with Crippen LogP contribution in [0.15, 0.2) is 0 Å². The number of nitrogens with zero attached hydrogens (tertiary/aromatic N) is 1. The molecule has 0 aromatic carbocycles. The molecule has 1 aliphatic rings. The predicted octanol–water partition coefficient (Wildman–Crippen LogP) is 2.51. The Bertz CT molecular complexity index is 197. The quantitative estimate of drug-likeness (QED) is 0.642. The number of hydrogen-bond donors (Lipinski definition) is 1. The van der Waals surface area contributed by atoms with Gasteiger partial charge in [0.2, 0.25) is 0 Å². The molecule has 108 valence electrons. The van der Waals surface area contributed by atoms with E-state index < -0.39 is 0 Å². The summed E-state index contributed by atoms with van der Waals surface area (Å²) in [6.45, 7) is 10.3. The lowest BCUT2D eigenvalue weighted by Gasteiger charge is -2.36. The molecule has 3 nitrogen and oxygen atoms in total. The average Bonchev–Trinajstić information content (AvgIpc) is 2.39. The maximum atomic E-state index is 5.29. The van der Waals surface area contributed by atoms with Crippen LogP contribution >= 0.6 is 0 Å². The number of nitrogens with one attached hydrogen (secondary N) is 1. The fourth-order valence-corrected chi connectivity index (χ4v) is 2.81. The van der Waals surface area contributed by atoms with Crippen molar-refractivity contribution in [3.63, 3.8) is 0 Å². The Hall–Kier alpha value is -0.120. The second-order valence-electron chi connectivity index (χ2n) is 5.72. The Kier molecular flexibility index (Phi) is 8.64. The summed E-state index contributed by atoms with van der Waals surface area (Å²) < 4.78 is 5.29. The van der Waals surface area contributed by atoms with Crippen LogP contribution in [-0.2, 0) is 4.74 Å². The first-order valence-electron chi connectivity index (χ1n) is 7.71. The largest absolute Gasteiger partial charge is 0.384 e. The molecule has 0 radical (unpaired) electrons. The molecule has 0 aromatic rings. The van der Waals surface area contributed by atoms with Crippen LogP contribution in [0.4, 0.5) is 0 Å². The van der Waals surface area contributed by atoms with E-state index in [2.05, 4.69) is 24.1 Å². The van der Waals surface area contributed by atoms with Gasteiger partial charge in [0.15, 0.2) is 0 Å². The number of likely N-dealkylation sites (tertiary alicyclic amines) is 1. The second-order valence-corrected chi connectivity index (χ2v) is 5.72. The van der Waals surface area contributed by atoms with E-state index in [1.165, 1.54) is 51.7 Å². The number of unbranched alkanes of at least 4 members (excludes halogenated alkanes) is 2. The highest BCUT2D eigenvalue weighted by molar-refractivity contribution is 4.78. The first-order valence-corrected chi connectivity index (χ1v) is 7.71. The van der Waals surface area contributed by atoms with E-state index in [0.29, 0.717) is 6.04 Å². The van der Waals surface area contributed by atoms with Gasteiger partial charge in [-0.25, -0.2) is 0 Å². The highest BCUT2D eigenvalue weighted by Gasteiger charge is 2.22. The van der Waals surface area contributed by atoms with Crippen LogP contribution in [0.5, 0.6) is 0 Å². The normalized spacial score (nSPS) is 23.2. The van der Waals surface area contributed by atoms with Crippen molar-refractivity contribution in [3.8, 4) is 0 Å². The number of rotatable bonds is 9. The van der Waals surface area contributed by atoms with Gasteiger partial charge < -0.3 is 10.1 Å². The molecule has 18 heavy (non-hydrogen) atoms. The Morgan fingerprint density at radius 3 is 2.94 bits per heavy atom. The van der Waals surface area contributed by atoms with Crippen molar-refractivity contribution in [1.29, 1.82) is 0 Å². The number of methoxy groups -OCH3 is 1. The van der Waals surface area contributed by atoms with Crippen molar-refractivity contribution in [2.24, 2.45) is 5.92 Å². The first-order chi connectivity index (χ1) is 8.77. The number of ether oxygens (including phenoxy) is 1. The van der Waals surface area contributed by atoms with Gasteiger partial charge in [0.05, 0.1) is 6.61 Å². The molecule has 0 spiro atoms. The molecule has 1 heterocycles. The van der Waals surface area contributed by atoms with E-state index in [1.807, 2.05) is 7.11 Å². The molecule has 1 aliphatic heterocycles. The molecule has 2 atom stereocenters. The highest BCUT2D eigenvalue weighted by Crippen LogP contribution is 2.18. The minimum Gasteiger partial charge on any atom is -0.384 e. The fourth-order valence-electron chi connectivity index (χ4n) is 2.81.